The molecule has 1 aliphatic rings. The van der Waals surface area contributed by atoms with Crippen molar-refractivity contribution < 1.29 is 9.53 Å². The number of hydrogen-bond donors (Lipinski definition) is 1. The molecule has 1 aliphatic heterocycles. The van der Waals surface area contributed by atoms with E-state index in [-0.39, 0.29) is 12.0 Å². The van der Waals surface area contributed by atoms with E-state index in [1.54, 1.807) is 0 Å². The van der Waals surface area contributed by atoms with Crippen LogP contribution >= 0.6 is 0 Å². The summed E-state index contributed by atoms with van der Waals surface area (Å²) in [5.41, 5.74) is 0. The van der Waals surface area contributed by atoms with E-state index in [4.69, 9.17) is 4.74 Å². The lowest BCUT2D eigenvalue weighted by Gasteiger charge is -2.21. The Bertz CT molecular complexity index is 292. The van der Waals surface area contributed by atoms with Gasteiger partial charge in [0.25, 0.3) is 0 Å². The summed E-state index contributed by atoms with van der Waals surface area (Å²) < 4.78 is 5.32. The maximum absolute atomic E-state index is 11.8. The van der Waals surface area contributed by atoms with Gasteiger partial charge in [-0.1, -0.05) is 51.9 Å². The van der Waals surface area contributed by atoms with E-state index in [2.05, 4.69) is 12.2 Å². The van der Waals surface area contributed by atoms with Crippen LogP contribution in [0.1, 0.15) is 65.2 Å². The van der Waals surface area contributed by atoms with E-state index in [1.807, 2.05) is 24.2 Å². The van der Waals surface area contributed by atoms with Crippen molar-refractivity contribution in [1.29, 1.82) is 0 Å². The first-order valence-electron chi connectivity index (χ1n) is 8.08. The van der Waals surface area contributed by atoms with Gasteiger partial charge in [0.15, 0.2) is 0 Å². The molecule has 0 aromatic rings. The number of nitrogens with one attached hydrogen (secondary N) is 1. The molecule has 0 radical (unpaired) electrons. The standard InChI is InChI=1S/C16H30N2O2/c1-3-4-5-6-7-8-9-10-13-20-16(19)15(2)18-12-11-17-14-18/h11-12,15,17H,3-10,13-14H2,1-2H3. The van der Waals surface area contributed by atoms with Gasteiger partial charge in [0.05, 0.1) is 13.3 Å². The van der Waals surface area contributed by atoms with E-state index >= 15 is 0 Å². The topological polar surface area (TPSA) is 41.6 Å². The van der Waals surface area contributed by atoms with Crippen molar-refractivity contribution in [2.24, 2.45) is 0 Å². The van der Waals surface area contributed by atoms with Crippen LogP contribution in [-0.2, 0) is 9.53 Å². The van der Waals surface area contributed by atoms with Crippen molar-refractivity contribution in [1.82, 2.24) is 10.2 Å². The molecule has 0 aromatic heterocycles. The monoisotopic (exact) mass is 282 g/mol. The summed E-state index contributed by atoms with van der Waals surface area (Å²) >= 11 is 0. The van der Waals surface area contributed by atoms with Gasteiger partial charge in [0.2, 0.25) is 0 Å². The van der Waals surface area contributed by atoms with Gasteiger partial charge >= 0.3 is 5.97 Å². The number of nitrogens with zero attached hydrogens (tertiary/aromatic N) is 1. The summed E-state index contributed by atoms with van der Waals surface area (Å²) in [6.45, 7) is 5.37. The summed E-state index contributed by atoms with van der Waals surface area (Å²) in [5, 5.41) is 3.05. The summed E-state index contributed by atoms with van der Waals surface area (Å²) in [4.78, 5) is 13.8. The molecule has 4 nitrogen and oxygen atoms in total. The summed E-state index contributed by atoms with van der Waals surface area (Å²) in [6, 6.07) is -0.199. The van der Waals surface area contributed by atoms with Gasteiger partial charge in [-0.2, -0.15) is 0 Å². The molecule has 0 amide bonds. The van der Waals surface area contributed by atoms with Crippen molar-refractivity contribution in [3.63, 3.8) is 0 Å². The van der Waals surface area contributed by atoms with E-state index in [1.165, 1.54) is 44.9 Å². The molecular formula is C16H30N2O2. The number of unbranched alkanes of at least 4 members (excludes halogenated alkanes) is 7. The Balaban J connectivity index is 1.92. The second-order valence-electron chi connectivity index (χ2n) is 5.51. The van der Waals surface area contributed by atoms with E-state index < -0.39 is 0 Å². The predicted octanol–water partition coefficient (Wildman–Crippen LogP) is 3.39. The van der Waals surface area contributed by atoms with Crippen LogP contribution in [0.5, 0.6) is 0 Å². The van der Waals surface area contributed by atoms with Crippen LogP contribution in [0.25, 0.3) is 0 Å². The summed E-state index contributed by atoms with van der Waals surface area (Å²) in [6.07, 6.45) is 13.8. The molecule has 4 heteroatoms. The molecule has 1 unspecified atom stereocenters. The Hall–Kier alpha value is -1.19. The van der Waals surface area contributed by atoms with Crippen molar-refractivity contribution in [2.75, 3.05) is 13.3 Å². The number of esters is 1. The highest BCUT2D eigenvalue weighted by molar-refractivity contribution is 5.75. The molecule has 0 bridgehead atoms. The molecule has 0 fully saturated rings. The fraction of sp³-hybridized carbons (Fsp3) is 0.812. The molecule has 1 rings (SSSR count). The normalized spacial score (nSPS) is 15.2. The van der Waals surface area contributed by atoms with Gasteiger partial charge in [-0.15, -0.1) is 0 Å². The zero-order chi connectivity index (χ0) is 14.6. The van der Waals surface area contributed by atoms with Crippen LogP contribution in [0, 0.1) is 0 Å². The van der Waals surface area contributed by atoms with E-state index in [0.29, 0.717) is 13.3 Å². The minimum Gasteiger partial charge on any atom is -0.464 e. The Morgan fingerprint density at radius 1 is 1.20 bits per heavy atom. The highest BCUT2D eigenvalue weighted by Crippen LogP contribution is 2.09. The Morgan fingerprint density at radius 2 is 1.85 bits per heavy atom. The molecule has 0 spiro atoms. The first-order valence-corrected chi connectivity index (χ1v) is 8.08. The average Bonchev–Trinajstić information content (AvgIpc) is 2.98. The third-order valence-corrected chi connectivity index (χ3v) is 3.74. The maximum atomic E-state index is 11.8. The van der Waals surface area contributed by atoms with Crippen molar-refractivity contribution in [2.45, 2.75) is 71.3 Å². The SMILES string of the molecule is CCCCCCCCCCOC(=O)C(C)N1C=CNC1. The highest BCUT2D eigenvalue weighted by Gasteiger charge is 2.21. The number of hydrogen-bond acceptors (Lipinski definition) is 4. The van der Waals surface area contributed by atoms with E-state index in [0.717, 1.165) is 6.42 Å². The molecule has 0 aromatic carbocycles. The van der Waals surface area contributed by atoms with Crippen LogP contribution < -0.4 is 5.32 Å². The maximum Gasteiger partial charge on any atom is 0.328 e. The molecule has 1 heterocycles. The predicted molar refractivity (Wildman–Crippen MR) is 82.0 cm³/mol. The number of carbonyl (C=O) groups excluding carboxylic acids is 1. The second kappa shape index (κ2) is 10.6. The number of rotatable bonds is 11. The number of carbonyl (C=O) groups is 1. The lowest BCUT2D eigenvalue weighted by atomic mass is 10.1. The van der Waals surface area contributed by atoms with Gasteiger partial charge in [-0.05, 0) is 13.3 Å². The van der Waals surface area contributed by atoms with E-state index in [9.17, 15) is 4.79 Å². The van der Waals surface area contributed by atoms with Gasteiger partial charge < -0.3 is 15.0 Å². The van der Waals surface area contributed by atoms with Gasteiger partial charge in [-0.3, -0.25) is 0 Å². The molecule has 116 valence electrons. The minimum atomic E-state index is -0.199. The Labute approximate surface area is 123 Å². The molecular weight excluding hydrogens is 252 g/mol. The molecule has 1 atom stereocenters. The van der Waals surface area contributed by atoms with Crippen LogP contribution in [-0.4, -0.2) is 30.2 Å². The summed E-state index contributed by atoms with van der Waals surface area (Å²) in [5.74, 6) is -0.124. The van der Waals surface area contributed by atoms with Crippen LogP contribution in [0.15, 0.2) is 12.4 Å². The zero-order valence-electron chi connectivity index (χ0n) is 13.1. The van der Waals surface area contributed by atoms with Crippen molar-refractivity contribution >= 4 is 5.97 Å². The lowest BCUT2D eigenvalue weighted by molar-refractivity contribution is -0.148. The first kappa shape index (κ1) is 16.9. The second-order valence-corrected chi connectivity index (χ2v) is 5.51. The minimum absolute atomic E-state index is 0.124. The highest BCUT2D eigenvalue weighted by atomic mass is 16.5. The molecule has 0 saturated heterocycles. The zero-order valence-corrected chi connectivity index (χ0v) is 13.1. The van der Waals surface area contributed by atoms with Crippen LogP contribution in [0.4, 0.5) is 0 Å². The first-order chi connectivity index (χ1) is 9.75. The van der Waals surface area contributed by atoms with Crippen LogP contribution in [0.3, 0.4) is 0 Å². The van der Waals surface area contributed by atoms with Gasteiger partial charge in [0.1, 0.15) is 6.04 Å². The number of ether oxygens (including phenoxy) is 1. The fourth-order valence-electron chi connectivity index (χ4n) is 2.29. The largest absolute Gasteiger partial charge is 0.464 e. The molecule has 20 heavy (non-hydrogen) atoms. The molecule has 1 N–H and O–H groups in total. The molecule has 0 aliphatic carbocycles. The third kappa shape index (κ3) is 6.83. The molecule has 0 saturated carbocycles. The van der Waals surface area contributed by atoms with Crippen LogP contribution in [0.2, 0.25) is 0 Å². The van der Waals surface area contributed by atoms with Crippen molar-refractivity contribution in [3.8, 4) is 0 Å². The van der Waals surface area contributed by atoms with Gasteiger partial charge in [-0.25, -0.2) is 4.79 Å². The fourth-order valence-corrected chi connectivity index (χ4v) is 2.29. The smallest absolute Gasteiger partial charge is 0.328 e. The lowest BCUT2D eigenvalue weighted by Crippen LogP contribution is -2.37. The Morgan fingerprint density at radius 3 is 2.45 bits per heavy atom. The average molecular weight is 282 g/mol. The summed E-state index contributed by atoms with van der Waals surface area (Å²) in [7, 11) is 0. The van der Waals surface area contributed by atoms with Crippen molar-refractivity contribution in [3.05, 3.63) is 12.4 Å². The Kier molecular flexibility index (Phi) is 8.92. The quantitative estimate of drug-likeness (QED) is 0.466. The van der Waals surface area contributed by atoms with Gasteiger partial charge in [0, 0.05) is 12.4 Å². The third-order valence-electron chi connectivity index (χ3n) is 3.74.